The first-order valence-corrected chi connectivity index (χ1v) is 8.42. The fourth-order valence-corrected chi connectivity index (χ4v) is 2.56. The Hall–Kier alpha value is -2.55. The van der Waals surface area contributed by atoms with Crippen molar-refractivity contribution in [2.75, 3.05) is 11.9 Å². The fraction of sp³-hybridized carbons (Fsp3) is 0.0526. The molecule has 1 N–H and O–H groups in total. The van der Waals surface area contributed by atoms with Crippen molar-refractivity contribution in [1.29, 1.82) is 5.26 Å². The summed E-state index contributed by atoms with van der Waals surface area (Å²) in [5.74, 6) is 0.161. The van der Waals surface area contributed by atoms with Gasteiger partial charge in [-0.15, -0.1) is 0 Å². The van der Waals surface area contributed by atoms with Crippen molar-refractivity contribution in [3.05, 3.63) is 75.8 Å². The number of carbonyl (C=O) groups excluding carboxylic acids is 1. The second-order valence-corrected chi connectivity index (χ2v) is 6.21. The lowest BCUT2D eigenvalue weighted by molar-refractivity contribution is -0.112. The van der Waals surface area contributed by atoms with Crippen molar-refractivity contribution in [3.8, 4) is 11.8 Å². The molecule has 0 radical (unpaired) electrons. The maximum absolute atomic E-state index is 12.2. The van der Waals surface area contributed by atoms with Crippen LogP contribution in [-0.2, 0) is 4.79 Å². The number of nitrogens with zero attached hydrogens (tertiary/aromatic N) is 1. The number of ether oxygens (including phenoxy) is 1. The Morgan fingerprint density at radius 2 is 2.04 bits per heavy atom. The third kappa shape index (κ3) is 5.49. The van der Waals surface area contributed by atoms with Crippen LogP contribution in [0.15, 0.2) is 65.2 Å². The summed E-state index contributed by atoms with van der Waals surface area (Å²) in [7, 11) is 0. The molecule has 0 unspecified atom stereocenters. The van der Waals surface area contributed by atoms with Gasteiger partial charge >= 0.3 is 0 Å². The van der Waals surface area contributed by atoms with Gasteiger partial charge in [0.2, 0.25) is 0 Å². The second kappa shape index (κ2) is 9.07. The minimum atomic E-state index is -0.493. The van der Waals surface area contributed by atoms with E-state index in [0.717, 1.165) is 4.47 Å². The molecule has 4 nitrogen and oxygen atoms in total. The fourth-order valence-electron chi connectivity index (χ4n) is 1.92. The zero-order valence-corrected chi connectivity index (χ0v) is 15.5. The van der Waals surface area contributed by atoms with E-state index in [1.54, 1.807) is 48.5 Å². The summed E-state index contributed by atoms with van der Waals surface area (Å²) in [4.78, 5) is 12.2. The maximum Gasteiger partial charge on any atom is 0.266 e. The normalized spacial score (nSPS) is 10.7. The lowest BCUT2D eigenvalue weighted by Crippen LogP contribution is -2.13. The van der Waals surface area contributed by atoms with E-state index in [4.69, 9.17) is 16.3 Å². The van der Waals surface area contributed by atoms with Crippen LogP contribution < -0.4 is 10.1 Å². The Balaban J connectivity index is 2.17. The largest absolute Gasteiger partial charge is 0.488 e. The minimum absolute atomic E-state index is 0.0124. The van der Waals surface area contributed by atoms with Crippen LogP contribution in [0.5, 0.6) is 5.75 Å². The van der Waals surface area contributed by atoms with Crippen LogP contribution in [0, 0.1) is 11.3 Å². The summed E-state index contributed by atoms with van der Waals surface area (Å²) >= 11 is 9.21. The molecule has 25 heavy (non-hydrogen) atoms. The molecule has 0 saturated heterocycles. The monoisotopic (exact) mass is 416 g/mol. The summed E-state index contributed by atoms with van der Waals surface area (Å²) in [6.45, 7) is 3.98. The molecule has 0 aromatic heterocycles. The molecular weight excluding hydrogens is 404 g/mol. The van der Waals surface area contributed by atoms with E-state index >= 15 is 0 Å². The van der Waals surface area contributed by atoms with Gasteiger partial charge in [-0.25, -0.2) is 0 Å². The van der Waals surface area contributed by atoms with E-state index in [0.29, 0.717) is 28.6 Å². The van der Waals surface area contributed by atoms with Crippen molar-refractivity contribution in [1.82, 2.24) is 0 Å². The Kier molecular flexibility index (Phi) is 6.81. The zero-order valence-electron chi connectivity index (χ0n) is 13.1. The van der Waals surface area contributed by atoms with Gasteiger partial charge < -0.3 is 10.1 Å². The summed E-state index contributed by atoms with van der Waals surface area (Å²) in [5.41, 5.74) is 1.24. The third-order valence-electron chi connectivity index (χ3n) is 3.09. The highest BCUT2D eigenvalue weighted by atomic mass is 79.9. The molecule has 0 atom stereocenters. The number of carbonyl (C=O) groups is 1. The third-order valence-corrected chi connectivity index (χ3v) is 3.96. The number of benzene rings is 2. The van der Waals surface area contributed by atoms with Crippen LogP contribution in [0.4, 0.5) is 5.69 Å². The second-order valence-electron chi connectivity index (χ2n) is 4.92. The number of anilines is 1. The highest BCUT2D eigenvalue weighted by Crippen LogP contribution is 2.27. The van der Waals surface area contributed by atoms with Gasteiger partial charge in [-0.1, -0.05) is 30.3 Å². The first-order chi connectivity index (χ1) is 12.0. The summed E-state index contributed by atoms with van der Waals surface area (Å²) < 4.78 is 6.19. The van der Waals surface area contributed by atoms with E-state index in [-0.39, 0.29) is 5.57 Å². The predicted molar refractivity (Wildman–Crippen MR) is 104 cm³/mol. The molecule has 2 aromatic rings. The van der Waals surface area contributed by atoms with Gasteiger partial charge in [-0.2, -0.15) is 5.26 Å². The molecule has 0 aliphatic rings. The molecule has 126 valence electrons. The quantitative estimate of drug-likeness (QED) is 0.398. The lowest BCUT2D eigenvalue weighted by atomic mass is 10.1. The van der Waals surface area contributed by atoms with Gasteiger partial charge in [0.15, 0.2) is 0 Å². The Labute approximate surface area is 159 Å². The van der Waals surface area contributed by atoms with Crippen LogP contribution in [0.2, 0.25) is 5.02 Å². The molecule has 0 aliphatic carbocycles. The van der Waals surface area contributed by atoms with E-state index in [9.17, 15) is 10.1 Å². The van der Waals surface area contributed by atoms with Crippen LogP contribution in [0.25, 0.3) is 6.08 Å². The molecule has 1 amide bonds. The number of nitrogens with one attached hydrogen (secondary N) is 1. The highest BCUT2D eigenvalue weighted by molar-refractivity contribution is 9.10. The molecule has 2 aromatic carbocycles. The molecule has 6 heteroatoms. The summed E-state index contributed by atoms with van der Waals surface area (Å²) in [6.07, 6.45) is 3.16. The Morgan fingerprint density at radius 3 is 2.64 bits per heavy atom. The number of rotatable bonds is 6. The van der Waals surface area contributed by atoms with E-state index in [1.807, 2.05) is 6.07 Å². The average Bonchev–Trinajstić information content (AvgIpc) is 2.60. The van der Waals surface area contributed by atoms with Gasteiger partial charge in [-0.3, -0.25) is 4.79 Å². The molecule has 0 bridgehead atoms. The number of hydrogen-bond acceptors (Lipinski definition) is 3. The zero-order chi connectivity index (χ0) is 18.2. The molecule has 0 saturated carbocycles. The topological polar surface area (TPSA) is 62.1 Å². The number of halogens is 2. The Morgan fingerprint density at radius 1 is 1.32 bits per heavy atom. The Bertz CT molecular complexity index is 855. The summed E-state index contributed by atoms with van der Waals surface area (Å²) in [6, 6.07) is 13.8. The van der Waals surface area contributed by atoms with Gasteiger partial charge in [0, 0.05) is 10.7 Å². The van der Waals surface area contributed by atoms with Gasteiger partial charge in [0.25, 0.3) is 5.91 Å². The van der Waals surface area contributed by atoms with Gasteiger partial charge in [0.1, 0.15) is 24.0 Å². The predicted octanol–water partition coefficient (Wildman–Crippen LogP) is 5.21. The van der Waals surface area contributed by atoms with Crippen molar-refractivity contribution >= 4 is 45.2 Å². The van der Waals surface area contributed by atoms with E-state index < -0.39 is 5.91 Å². The van der Waals surface area contributed by atoms with E-state index in [2.05, 4.69) is 27.8 Å². The maximum atomic E-state index is 12.2. The number of nitriles is 1. The van der Waals surface area contributed by atoms with E-state index in [1.165, 1.54) is 6.08 Å². The van der Waals surface area contributed by atoms with Crippen molar-refractivity contribution < 1.29 is 9.53 Å². The smallest absolute Gasteiger partial charge is 0.266 e. The van der Waals surface area contributed by atoms with Crippen LogP contribution in [-0.4, -0.2) is 12.5 Å². The molecule has 2 rings (SSSR count). The minimum Gasteiger partial charge on any atom is -0.488 e. The lowest BCUT2D eigenvalue weighted by Gasteiger charge is -2.07. The van der Waals surface area contributed by atoms with Crippen molar-refractivity contribution in [2.24, 2.45) is 0 Å². The van der Waals surface area contributed by atoms with Gasteiger partial charge in [0.05, 0.1) is 4.47 Å². The molecule has 0 heterocycles. The SMILES string of the molecule is C=CCOc1ccc(/C=C(/C#N)C(=O)Nc2ccc(Cl)cc2)cc1Br. The van der Waals surface area contributed by atoms with Gasteiger partial charge in [-0.05, 0) is 64.0 Å². The standard InChI is InChI=1S/C19H14BrClN2O2/c1-2-9-25-18-8-3-13(11-17(18)20)10-14(12-22)19(24)23-16-6-4-15(21)5-7-16/h2-8,10-11H,1,9H2,(H,23,24)/b14-10-. The van der Waals surface area contributed by atoms with Crippen molar-refractivity contribution in [2.45, 2.75) is 0 Å². The molecule has 0 aliphatic heterocycles. The summed E-state index contributed by atoms with van der Waals surface area (Å²) in [5, 5.41) is 12.5. The number of hydrogen-bond donors (Lipinski definition) is 1. The van der Waals surface area contributed by atoms with Crippen LogP contribution in [0.3, 0.4) is 0 Å². The van der Waals surface area contributed by atoms with Crippen LogP contribution in [0.1, 0.15) is 5.56 Å². The molecule has 0 spiro atoms. The average molecular weight is 418 g/mol. The highest BCUT2D eigenvalue weighted by Gasteiger charge is 2.10. The molecular formula is C19H14BrClN2O2. The molecule has 0 fully saturated rings. The van der Waals surface area contributed by atoms with Crippen molar-refractivity contribution in [3.63, 3.8) is 0 Å². The number of amides is 1. The first-order valence-electron chi connectivity index (χ1n) is 7.25. The van der Waals surface area contributed by atoms with Crippen LogP contribution >= 0.6 is 27.5 Å². The first kappa shape index (κ1) is 18.8.